The van der Waals surface area contributed by atoms with Crippen LogP contribution in [0.1, 0.15) is 11.4 Å². The number of benzene rings is 1. The predicted molar refractivity (Wildman–Crippen MR) is 78.5 cm³/mol. The molecule has 0 aliphatic carbocycles. The fourth-order valence-corrected chi connectivity index (χ4v) is 2.17. The molecule has 2 aromatic heterocycles. The molecule has 0 spiro atoms. The molecule has 0 amide bonds. The van der Waals surface area contributed by atoms with Crippen LogP contribution in [0.4, 0.5) is 5.82 Å². The lowest BCUT2D eigenvalue weighted by Crippen LogP contribution is -1.99. The maximum atomic E-state index is 5.56. The predicted octanol–water partition coefficient (Wildman–Crippen LogP) is 2.53. The summed E-state index contributed by atoms with van der Waals surface area (Å²) in [5, 5.41) is 4.49. The van der Waals surface area contributed by atoms with Gasteiger partial charge in [-0.2, -0.15) is 5.10 Å². The molecule has 20 heavy (non-hydrogen) atoms. The number of nitrogens with zero attached hydrogens (tertiary/aromatic N) is 4. The van der Waals surface area contributed by atoms with Crippen molar-refractivity contribution in [2.45, 2.75) is 13.8 Å². The van der Waals surface area contributed by atoms with Gasteiger partial charge < -0.3 is 5.73 Å². The minimum Gasteiger partial charge on any atom is -0.382 e. The van der Waals surface area contributed by atoms with Crippen molar-refractivity contribution >= 4 is 5.82 Å². The number of hydrogen-bond acceptors (Lipinski definition) is 4. The second-order valence-corrected chi connectivity index (χ2v) is 4.72. The van der Waals surface area contributed by atoms with E-state index >= 15 is 0 Å². The van der Waals surface area contributed by atoms with Crippen LogP contribution in [0.2, 0.25) is 0 Å². The van der Waals surface area contributed by atoms with Gasteiger partial charge in [-0.3, -0.25) is 4.98 Å². The summed E-state index contributed by atoms with van der Waals surface area (Å²) in [5.74, 6) is 0.420. The van der Waals surface area contributed by atoms with Crippen molar-refractivity contribution in [1.82, 2.24) is 19.7 Å². The Bertz CT molecular complexity index is 743. The van der Waals surface area contributed by atoms with Crippen LogP contribution in [-0.2, 0) is 0 Å². The first-order valence-electron chi connectivity index (χ1n) is 6.35. The zero-order chi connectivity index (χ0) is 14.1. The summed E-state index contributed by atoms with van der Waals surface area (Å²) in [7, 11) is 0. The molecule has 3 rings (SSSR count). The third kappa shape index (κ3) is 2.25. The van der Waals surface area contributed by atoms with E-state index < -0.39 is 0 Å². The first-order chi connectivity index (χ1) is 9.63. The van der Waals surface area contributed by atoms with Gasteiger partial charge in [0.1, 0.15) is 5.82 Å². The molecule has 0 atom stereocenters. The number of anilines is 1. The first-order valence-corrected chi connectivity index (χ1v) is 6.35. The van der Waals surface area contributed by atoms with E-state index in [1.54, 1.807) is 12.4 Å². The van der Waals surface area contributed by atoms with E-state index in [2.05, 4.69) is 21.1 Å². The highest BCUT2D eigenvalue weighted by atomic mass is 15.3. The first kappa shape index (κ1) is 12.3. The molecule has 2 N–H and O–H groups in total. The van der Waals surface area contributed by atoms with Crippen LogP contribution in [-0.4, -0.2) is 19.7 Å². The van der Waals surface area contributed by atoms with Crippen LogP contribution in [0.25, 0.3) is 16.9 Å². The molecule has 5 nitrogen and oxygen atoms in total. The van der Waals surface area contributed by atoms with Gasteiger partial charge >= 0.3 is 0 Å². The van der Waals surface area contributed by atoms with Gasteiger partial charge in [0.05, 0.1) is 29.5 Å². The van der Waals surface area contributed by atoms with Gasteiger partial charge in [-0.1, -0.05) is 12.1 Å². The van der Waals surface area contributed by atoms with Gasteiger partial charge in [0.15, 0.2) is 0 Å². The molecule has 0 radical (unpaired) electrons. The maximum Gasteiger partial charge on any atom is 0.141 e. The van der Waals surface area contributed by atoms with Crippen molar-refractivity contribution in [3.05, 3.63) is 54.1 Å². The number of hydrogen-bond donors (Lipinski definition) is 1. The molecule has 0 bridgehead atoms. The van der Waals surface area contributed by atoms with Crippen molar-refractivity contribution in [1.29, 1.82) is 0 Å². The van der Waals surface area contributed by atoms with Crippen LogP contribution in [0.15, 0.2) is 42.7 Å². The monoisotopic (exact) mass is 265 g/mol. The van der Waals surface area contributed by atoms with Crippen molar-refractivity contribution in [2.75, 3.05) is 5.73 Å². The van der Waals surface area contributed by atoms with Crippen molar-refractivity contribution in [3.8, 4) is 16.9 Å². The van der Waals surface area contributed by atoms with E-state index in [1.165, 1.54) is 0 Å². The summed E-state index contributed by atoms with van der Waals surface area (Å²) < 4.78 is 1.92. The second kappa shape index (κ2) is 4.77. The average Bonchev–Trinajstić information content (AvgIpc) is 2.79. The Morgan fingerprint density at radius 2 is 1.90 bits per heavy atom. The lowest BCUT2D eigenvalue weighted by molar-refractivity contribution is 0.834. The zero-order valence-electron chi connectivity index (χ0n) is 11.4. The maximum absolute atomic E-state index is 5.56. The fourth-order valence-electron chi connectivity index (χ4n) is 2.17. The number of rotatable bonds is 2. The molecule has 2 heterocycles. The molecule has 5 heteroatoms. The highest BCUT2D eigenvalue weighted by molar-refractivity contribution is 5.62. The third-order valence-corrected chi connectivity index (χ3v) is 3.07. The molecule has 0 aliphatic heterocycles. The Kier molecular flexibility index (Phi) is 2.95. The summed E-state index contributed by atoms with van der Waals surface area (Å²) >= 11 is 0. The van der Waals surface area contributed by atoms with E-state index in [-0.39, 0.29) is 0 Å². The lowest BCUT2D eigenvalue weighted by Gasteiger charge is -2.07. The van der Waals surface area contributed by atoms with Crippen molar-refractivity contribution in [3.63, 3.8) is 0 Å². The summed E-state index contributed by atoms with van der Waals surface area (Å²) in [6.45, 7) is 4.02. The number of aromatic nitrogens is 4. The Morgan fingerprint density at radius 1 is 1.05 bits per heavy atom. The second-order valence-electron chi connectivity index (χ2n) is 4.72. The van der Waals surface area contributed by atoms with E-state index in [1.807, 2.05) is 42.8 Å². The minimum atomic E-state index is 0.420. The molecule has 0 fully saturated rings. The molecule has 0 saturated carbocycles. The summed E-state index contributed by atoms with van der Waals surface area (Å²) in [4.78, 5) is 8.37. The molecular formula is C15H15N5. The highest BCUT2D eigenvalue weighted by Gasteiger charge is 2.06. The molecule has 0 aliphatic rings. The minimum absolute atomic E-state index is 0.420. The molecule has 100 valence electrons. The summed E-state index contributed by atoms with van der Waals surface area (Å²) in [6.07, 6.45) is 3.24. The van der Waals surface area contributed by atoms with E-state index in [0.29, 0.717) is 5.82 Å². The van der Waals surface area contributed by atoms with Gasteiger partial charge in [-0.15, -0.1) is 0 Å². The van der Waals surface area contributed by atoms with Crippen LogP contribution >= 0.6 is 0 Å². The van der Waals surface area contributed by atoms with Crippen molar-refractivity contribution in [2.24, 2.45) is 0 Å². The van der Waals surface area contributed by atoms with E-state index in [9.17, 15) is 0 Å². The number of nitrogen functional groups attached to an aromatic ring is 1. The highest BCUT2D eigenvalue weighted by Crippen LogP contribution is 2.20. The van der Waals surface area contributed by atoms with Crippen LogP contribution in [0, 0.1) is 13.8 Å². The summed E-state index contributed by atoms with van der Waals surface area (Å²) in [6, 6.07) is 10.1. The molecule has 0 unspecified atom stereocenters. The molecule has 3 aromatic rings. The Morgan fingerprint density at radius 3 is 2.55 bits per heavy atom. The van der Waals surface area contributed by atoms with E-state index in [4.69, 9.17) is 5.73 Å². The quantitative estimate of drug-likeness (QED) is 0.773. The smallest absolute Gasteiger partial charge is 0.141 e. The molecule has 0 saturated heterocycles. The van der Waals surface area contributed by atoms with Crippen LogP contribution in [0.3, 0.4) is 0 Å². The van der Waals surface area contributed by atoms with Gasteiger partial charge in [0.25, 0.3) is 0 Å². The zero-order valence-corrected chi connectivity index (χ0v) is 11.4. The van der Waals surface area contributed by atoms with Gasteiger partial charge in [-0.25, -0.2) is 9.67 Å². The fraction of sp³-hybridized carbons (Fsp3) is 0.133. The van der Waals surface area contributed by atoms with E-state index in [0.717, 1.165) is 28.3 Å². The Labute approximate surface area is 117 Å². The van der Waals surface area contributed by atoms with Crippen molar-refractivity contribution < 1.29 is 0 Å². The topological polar surface area (TPSA) is 69.6 Å². The van der Waals surface area contributed by atoms with Gasteiger partial charge in [0.2, 0.25) is 0 Å². The third-order valence-electron chi connectivity index (χ3n) is 3.07. The summed E-state index contributed by atoms with van der Waals surface area (Å²) in [5.41, 5.74) is 10.4. The standard InChI is InChI=1S/C15H15N5/c1-10-6-11(2)20(19-10)13-5-3-4-12(7-13)14-8-18-15(16)9-17-14/h3-9H,1-2H3,(H2,16,18). The SMILES string of the molecule is Cc1cc(C)n(-c2cccc(-c3cnc(N)cn3)c2)n1. The Balaban J connectivity index is 2.06. The number of aryl methyl sites for hydroxylation is 2. The average molecular weight is 265 g/mol. The largest absolute Gasteiger partial charge is 0.382 e. The number of nitrogens with two attached hydrogens (primary N) is 1. The lowest BCUT2D eigenvalue weighted by atomic mass is 10.1. The van der Waals surface area contributed by atoms with Crippen LogP contribution < -0.4 is 5.73 Å². The molecular weight excluding hydrogens is 250 g/mol. The van der Waals surface area contributed by atoms with Crippen LogP contribution in [0.5, 0.6) is 0 Å². The van der Waals surface area contributed by atoms with Gasteiger partial charge in [0, 0.05) is 11.3 Å². The molecule has 1 aromatic carbocycles. The van der Waals surface area contributed by atoms with Gasteiger partial charge in [-0.05, 0) is 32.0 Å². The Hall–Kier alpha value is -2.69. The normalized spacial score (nSPS) is 10.7.